The van der Waals surface area contributed by atoms with Crippen LogP contribution in [0.1, 0.15) is 10.4 Å². The van der Waals surface area contributed by atoms with Gasteiger partial charge in [-0.3, -0.25) is 4.79 Å². The highest BCUT2D eigenvalue weighted by Crippen LogP contribution is 2.28. The van der Waals surface area contributed by atoms with Crippen LogP contribution in [0.15, 0.2) is 41.3 Å². The van der Waals surface area contributed by atoms with Crippen LogP contribution in [-0.2, 0) is 10.0 Å². The molecule has 0 aliphatic carbocycles. The van der Waals surface area contributed by atoms with Gasteiger partial charge in [0.15, 0.2) is 0 Å². The lowest BCUT2D eigenvalue weighted by atomic mass is 10.2. The Hall–Kier alpha value is -2.16. The van der Waals surface area contributed by atoms with Crippen molar-refractivity contribution in [3.8, 4) is 5.75 Å². The van der Waals surface area contributed by atoms with E-state index in [0.29, 0.717) is 10.8 Å². The topological polar surface area (TPSA) is 75.7 Å². The summed E-state index contributed by atoms with van der Waals surface area (Å²) in [6.45, 7) is 0. The molecule has 1 amide bonds. The molecule has 0 aliphatic heterocycles. The molecular formula is C16H16ClFN2O4S. The Balaban J connectivity index is 2.42. The summed E-state index contributed by atoms with van der Waals surface area (Å²) in [7, 11) is 0.290. The molecule has 2 rings (SSSR count). The number of hydrogen-bond donors (Lipinski definition) is 1. The molecule has 134 valence electrons. The van der Waals surface area contributed by atoms with Crippen LogP contribution in [-0.4, -0.2) is 39.8 Å². The van der Waals surface area contributed by atoms with E-state index in [1.165, 1.54) is 27.3 Å². The summed E-state index contributed by atoms with van der Waals surface area (Å²) in [4.78, 5) is 12.2. The fraction of sp³-hybridized carbons (Fsp3) is 0.188. The Morgan fingerprint density at radius 2 is 1.88 bits per heavy atom. The van der Waals surface area contributed by atoms with Crippen molar-refractivity contribution in [3.05, 3.63) is 52.8 Å². The Labute approximate surface area is 150 Å². The van der Waals surface area contributed by atoms with Gasteiger partial charge in [0.05, 0.1) is 23.3 Å². The Morgan fingerprint density at radius 3 is 2.48 bits per heavy atom. The van der Waals surface area contributed by atoms with Gasteiger partial charge in [-0.1, -0.05) is 11.6 Å². The van der Waals surface area contributed by atoms with Crippen molar-refractivity contribution in [2.75, 3.05) is 26.5 Å². The molecule has 2 aromatic carbocycles. The van der Waals surface area contributed by atoms with E-state index < -0.39 is 27.3 Å². The van der Waals surface area contributed by atoms with Crippen molar-refractivity contribution < 1.29 is 22.3 Å². The molecule has 0 saturated heterocycles. The van der Waals surface area contributed by atoms with E-state index >= 15 is 0 Å². The average molecular weight is 387 g/mol. The molecule has 1 N–H and O–H groups in total. The van der Waals surface area contributed by atoms with Crippen LogP contribution >= 0.6 is 11.6 Å². The van der Waals surface area contributed by atoms with Crippen LogP contribution in [0.3, 0.4) is 0 Å². The third-order valence-electron chi connectivity index (χ3n) is 3.37. The van der Waals surface area contributed by atoms with Crippen molar-refractivity contribution in [2.24, 2.45) is 0 Å². The molecule has 0 atom stereocenters. The molecule has 0 saturated carbocycles. The molecule has 6 nitrogen and oxygen atoms in total. The van der Waals surface area contributed by atoms with Gasteiger partial charge in [0.25, 0.3) is 5.91 Å². The third-order valence-corrected chi connectivity index (χ3v) is 5.42. The van der Waals surface area contributed by atoms with E-state index in [4.69, 9.17) is 16.3 Å². The predicted octanol–water partition coefficient (Wildman–Crippen LogP) is 2.99. The second-order valence-corrected chi connectivity index (χ2v) is 7.82. The molecule has 0 aliphatic rings. The highest BCUT2D eigenvalue weighted by atomic mass is 35.5. The number of amides is 1. The number of sulfonamides is 1. The van der Waals surface area contributed by atoms with Gasteiger partial charge in [-0.15, -0.1) is 0 Å². The first-order valence-corrected chi connectivity index (χ1v) is 8.85. The summed E-state index contributed by atoms with van der Waals surface area (Å²) in [6, 6.07) is 7.57. The largest absolute Gasteiger partial charge is 0.495 e. The molecule has 2 aromatic rings. The summed E-state index contributed by atoms with van der Waals surface area (Å²) in [5.74, 6) is -1.35. The fourth-order valence-corrected chi connectivity index (χ4v) is 3.12. The first-order chi connectivity index (χ1) is 11.7. The minimum atomic E-state index is -3.80. The number of hydrogen-bond acceptors (Lipinski definition) is 4. The lowest BCUT2D eigenvalue weighted by molar-refractivity contribution is 0.102. The number of carbonyl (C=O) groups excluding carboxylic acids is 1. The van der Waals surface area contributed by atoms with E-state index in [9.17, 15) is 17.6 Å². The van der Waals surface area contributed by atoms with Crippen molar-refractivity contribution in [2.45, 2.75) is 4.90 Å². The van der Waals surface area contributed by atoms with Crippen molar-refractivity contribution in [3.63, 3.8) is 0 Å². The molecule has 0 aromatic heterocycles. The number of carbonyl (C=O) groups is 1. The number of nitrogens with one attached hydrogen (secondary N) is 1. The Morgan fingerprint density at radius 1 is 1.20 bits per heavy atom. The second-order valence-electron chi connectivity index (χ2n) is 5.23. The first kappa shape index (κ1) is 19.2. The average Bonchev–Trinajstić information content (AvgIpc) is 2.55. The zero-order valence-electron chi connectivity index (χ0n) is 13.7. The SMILES string of the molecule is COc1ccc(Cl)cc1NC(=O)c1cc(S(=O)(=O)N(C)C)ccc1F. The number of benzene rings is 2. The summed E-state index contributed by atoms with van der Waals surface area (Å²) in [6.07, 6.45) is 0. The van der Waals surface area contributed by atoms with Gasteiger partial charge in [0, 0.05) is 19.1 Å². The van der Waals surface area contributed by atoms with Gasteiger partial charge < -0.3 is 10.1 Å². The van der Waals surface area contributed by atoms with Crippen LogP contribution in [0.2, 0.25) is 5.02 Å². The van der Waals surface area contributed by atoms with Gasteiger partial charge in [-0.2, -0.15) is 0 Å². The number of halogens is 2. The van der Waals surface area contributed by atoms with Gasteiger partial charge in [0.1, 0.15) is 11.6 Å². The summed E-state index contributed by atoms with van der Waals surface area (Å²) >= 11 is 5.89. The van der Waals surface area contributed by atoms with Crippen molar-refractivity contribution >= 4 is 33.2 Å². The van der Waals surface area contributed by atoms with Crippen LogP contribution < -0.4 is 10.1 Å². The summed E-state index contributed by atoms with van der Waals surface area (Å²) < 4.78 is 44.4. The maximum atomic E-state index is 14.0. The number of ether oxygens (including phenoxy) is 1. The van der Waals surface area contributed by atoms with Crippen molar-refractivity contribution in [1.82, 2.24) is 4.31 Å². The van der Waals surface area contributed by atoms with Crippen LogP contribution in [0.5, 0.6) is 5.75 Å². The van der Waals surface area contributed by atoms with Crippen LogP contribution in [0.4, 0.5) is 10.1 Å². The normalized spacial score (nSPS) is 11.4. The highest BCUT2D eigenvalue weighted by molar-refractivity contribution is 7.89. The monoisotopic (exact) mass is 386 g/mol. The molecule has 0 radical (unpaired) electrons. The zero-order chi connectivity index (χ0) is 18.8. The lowest BCUT2D eigenvalue weighted by Gasteiger charge is -2.14. The van der Waals surface area contributed by atoms with E-state index in [-0.39, 0.29) is 10.6 Å². The lowest BCUT2D eigenvalue weighted by Crippen LogP contribution is -2.23. The second kappa shape index (κ2) is 7.38. The van der Waals surface area contributed by atoms with Gasteiger partial charge >= 0.3 is 0 Å². The number of methoxy groups -OCH3 is 1. The fourth-order valence-electron chi connectivity index (χ4n) is 2.02. The Kier molecular flexibility index (Phi) is 5.66. The number of nitrogens with zero attached hydrogens (tertiary/aromatic N) is 1. The van der Waals surface area contributed by atoms with Crippen LogP contribution in [0.25, 0.3) is 0 Å². The molecule has 0 unspecified atom stereocenters. The molecule has 0 spiro atoms. The van der Waals surface area contributed by atoms with Crippen LogP contribution in [0, 0.1) is 5.82 Å². The molecule has 0 bridgehead atoms. The summed E-state index contributed by atoms with van der Waals surface area (Å²) in [5, 5.41) is 2.82. The first-order valence-electron chi connectivity index (χ1n) is 7.03. The minimum absolute atomic E-state index is 0.192. The predicted molar refractivity (Wildman–Crippen MR) is 93.2 cm³/mol. The third kappa shape index (κ3) is 4.09. The van der Waals surface area contributed by atoms with E-state index in [1.807, 2.05) is 0 Å². The van der Waals surface area contributed by atoms with E-state index in [1.54, 1.807) is 12.1 Å². The zero-order valence-corrected chi connectivity index (χ0v) is 15.3. The molecule has 9 heteroatoms. The molecule has 0 heterocycles. The van der Waals surface area contributed by atoms with E-state index in [2.05, 4.69) is 5.32 Å². The standard InChI is InChI=1S/C16H16ClFN2O4S/c1-20(2)25(22,23)11-5-6-13(18)12(9-11)16(21)19-14-8-10(17)4-7-15(14)24-3/h4-9H,1-3H3,(H,19,21). The summed E-state index contributed by atoms with van der Waals surface area (Å²) in [5.41, 5.74) is -0.176. The number of anilines is 1. The van der Waals surface area contributed by atoms with Gasteiger partial charge in [-0.25, -0.2) is 17.1 Å². The van der Waals surface area contributed by atoms with Gasteiger partial charge in [-0.05, 0) is 36.4 Å². The minimum Gasteiger partial charge on any atom is -0.495 e. The van der Waals surface area contributed by atoms with Crippen molar-refractivity contribution in [1.29, 1.82) is 0 Å². The molecule has 0 fully saturated rings. The van der Waals surface area contributed by atoms with E-state index in [0.717, 1.165) is 22.5 Å². The maximum Gasteiger partial charge on any atom is 0.258 e. The smallest absolute Gasteiger partial charge is 0.258 e. The molecular weight excluding hydrogens is 371 g/mol. The molecule has 25 heavy (non-hydrogen) atoms. The Bertz CT molecular complexity index is 916. The maximum absolute atomic E-state index is 14.0. The number of rotatable bonds is 5. The van der Waals surface area contributed by atoms with Gasteiger partial charge in [0.2, 0.25) is 10.0 Å². The highest BCUT2D eigenvalue weighted by Gasteiger charge is 2.22. The quantitative estimate of drug-likeness (QED) is 0.857.